The van der Waals surface area contributed by atoms with Gasteiger partial charge < -0.3 is 15.0 Å². The SMILES string of the molecule is Cc1ccc2c([nH+]1)OCC[C@]21C[NH2+]C[C@H]1C(=O)N1CCCCC1C1CCCCC1. The number of carbonyl (C=O) groups is 1. The fourth-order valence-corrected chi connectivity index (χ4v) is 6.77. The van der Waals surface area contributed by atoms with Gasteiger partial charge in [-0.05, 0) is 50.5 Å². The molecule has 0 aromatic carbocycles. The molecule has 3 atom stereocenters. The van der Waals surface area contributed by atoms with Crippen LogP contribution in [0.3, 0.4) is 0 Å². The van der Waals surface area contributed by atoms with Crippen molar-refractivity contribution in [3.63, 3.8) is 0 Å². The third kappa shape index (κ3) is 3.35. The first-order chi connectivity index (χ1) is 14.2. The molecular formula is C24H37N3O2+2. The van der Waals surface area contributed by atoms with Crippen LogP contribution in [-0.4, -0.2) is 43.1 Å². The van der Waals surface area contributed by atoms with Crippen molar-refractivity contribution < 1.29 is 19.8 Å². The molecule has 5 heteroatoms. The maximum Gasteiger partial charge on any atom is 0.370 e. The number of fused-ring (bicyclic) bond motifs is 2. The summed E-state index contributed by atoms with van der Waals surface area (Å²) in [5, 5.41) is 2.37. The normalized spacial score (nSPS) is 32.8. The second kappa shape index (κ2) is 7.90. The van der Waals surface area contributed by atoms with Crippen LogP contribution in [0.2, 0.25) is 0 Å². The van der Waals surface area contributed by atoms with Crippen molar-refractivity contribution in [1.82, 2.24) is 4.90 Å². The Labute approximate surface area is 174 Å². The van der Waals surface area contributed by atoms with E-state index in [4.69, 9.17) is 4.74 Å². The quantitative estimate of drug-likeness (QED) is 0.827. The minimum absolute atomic E-state index is 0.0745. The summed E-state index contributed by atoms with van der Waals surface area (Å²) in [6.45, 7) is 5.65. The predicted molar refractivity (Wildman–Crippen MR) is 111 cm³/mol. The summed E-state index contributed by atoms with van der Waals surface area (Å²) < 4.78 is 5.99. The lowest BCUT2D eigenvalue weighted by atomic mass is 9.68. The Morgan fingerprint density at radius 3 is 2.86 bits per heavy atom. The van der Waals surface area contributed by atoms with Crippen LogP contribution < -0.4 is 15.0 Å². The zero-order valence-corrected chi connectivity index (χ0v) is 17.9. The number of nitrogens with zero attached hydrogens (tertiary/aromatic N) is 1. The van der Waals surface area contributed by atoms with Crippen molar-refractivity contribution in [2.75, 3.05) is 26.2 Å². The summed E-state index contributed by atoms with van der Waals surface area (Å²) in [7, 11) is 0. The van der Waals surface area contributed by atoms with Gasteiger partial charge in [0.15, 0.2) is 5.69 Å². The fraction of sp³-hybridized carbons (Fsp3) is 0.750. The molecule has 1 spiro atoms. The van der Waals surface area contributed by atoms with E-state index in [1.54, 1.807) is 0 Å². The molecule has 0 radical (unpaired) electrons. The standard InChI is InChI=1S/C24H35N3O2/c1-17-10-11-19-22(26-17)29-14-12-24(19)16-25-15-20(24)23(28)27-13-6-5-9-21(27)18-7-3-2-4-8-18/h10-11,18,20-21,25H,2-9,12-16H2,1H3/p+2/t20-,21?,24-/m0/s1. The van der Waals surface area contributed by atoms with E-state index >= 15 is 0 Å². The molecule has 5 rings (SSSR count). The number of aromatic amines is 1. The number of quaternary nitrogens is 1. The average Bonchev–Trinajstić information content (AvgIpc) is 3.17. The number of nitrogens with one attached hydrogen (secondary N) is 1. The van der Waals surface area contributed by atoms with Gasteiger partial charge in [0, 0.05) is 25.6 Å². The van der Waals surface area contributed by atoms with E-state index in [2.05, 4.69) is 34.3 Å². The highest BCUT2D eigenvalue weighted by atomic mass is 16.5. The Hall–Kier alpha value is -1.62. The zero-order valence-electron chi connectivity index (χ0n) is 17.9. The number of nitrogens with two attached hydrogens (primary N) is 1. The summed E-state index contributed by atoms with van der Waals surface area (Å²) in [5.74, 6) is 2.13. The van der Waals surface area contributed by atoms with Crippen molar-refractivity contribution in [3.8, 4) is 5.88 Å². The lowest BCUT2D eigenvalue weighted by Gasteiger charge is -2.44. The van der Waals surface area contributed by atoms with Crippen LogP contribution in [0.15, 0.2) is 12.1 Å². The summed E-state index contributed by atoms with van der Waals surface area (Å²) in [4.78, 5) is 19.8. The second-order valence-corrected chi connectivity index (χ2v) is 9.91. The maximum absolute atomic E-state index is 14.1. The van der Waals surface area contributed by atoms with E-state index in [1.165, 1.54) is 56.9 Å². The monoisotopic (exact) mass is 399 g/mol. The van der Waals surface area contributed by atoms with Crippen LogP contribution >= 0.6 is 0 Å². The minimum Gasteiger partial charge on any atom is -0.444 e. The van der Waals surface area contributed by atoms with Gasteiger partial charge in [-0.15, -0.1) is 0 Å². The summed E-state index contributed by atoms with van der Waals surface area (Å²) in [6, 6.07) is 4.84. The lowest BCUT2D eigenvalue weighted by Crippen LogP contribution is -2.82. The molecule has 3 fully saturated rings. The van der Waals surface area contributed by atoms with Crippen LogP contribution in [0.25, 0.3) is 0 Å². The number of carbonyl (C=O) groups excluding carboxylic acids is 1. The lowest BCUT2D eigenvalue weighted by molar-refractivity contribution is -0.640. The molecule has 1 amide bonds. The van der Waals surface area contributed by atoms with Gasteiger partial charge in [-0.25, -0.2) is 0 Å². The van der Waals surface area contributed by atoms with Crippen molar-refractivity contribution in [2.24, 2.45) is 11.8 Å². The Morgan fingerprint density at radius 2 is 2.00 bits per heavy atom. The number of pyridine rings is 1. The van der Waals surface area contributed by atoms with Gasteiger partial charge in [0.05, 0.1) is 30.7 Å². The molecular weight excluding hydrogens is 362 g/mol. The van der Waals surface area contributed by atoms with Crippen molar-refractivity contribution in [2.45, 2.75) is 76.2 Å². The first-order valence-electron chi connectivity index (χ1n) is 12.0. The van der Waals surface area contributed by atoms with Gasteiger partial charge >= 0.3 is 5.88 Å². The molecule has 1 saturated carbocycles. The number of rotatable bonds is 2. The fourth-order valence-electron chi connectivity index (χ4n) is 6.77. The molecule has 0 bridgehead atoms. The number of aryl methyl sites for hydroxylation is 1. The van der Waals surface area contributed by atoms with Gasteiger partial charge in [-0.1, -0.05) is 19.3 Å². The third-order valence-electron chi connectivity index (χ3n) is 8.29. The van der Waals surface area contributed by atoms with E-state index in [1.807, 2.05) is 0 Å². The largest absolute Gasteiger partial charge is 0.444 e. The third-order valence-corrected chi connectivity index (χ3v) is 8.29. The van der Waals surface area contributed by atoms with Crippen LogP contribution in [0.4, 0.5) is 0 Å². The highest BCUT2D eigenvalue weighted by Gasteiger charge is 2.57. The number of hydrogen-bond donors (Lipinski definition) is 1. The van der Waals surface area contributed by atoms with E-state index in [0.29, 0.717) is 18.6 Å². The molecule has 3 aliphatic heterocycles. The Kier molecular flexibility index (Phi) is 5.27. The molecule has 2 saturated heterocycles. The molecule has 158 valence electrons. The first-order valence-corrected chi connectivity index (χ1v) is 12.0. The van der Waals surface area contributed by atoms with Crippen LogP contribution in [-0.2, 0) is 10.2 Å². The minimum atomic E-state index is -0.0799. The summed E-state index contributed by atoms with van der Waals surface area (Å²) in [6.07, 6.45) is 11.3. The van der Waals surface area contributed by atoms with Gasteiger partial charge in [0.1, 0.15) is 5.92 Å². The van der Waals surface area contributed by atoms with E-state index in [9.17, 15) is 4.79 Å². The second-order valence-electron chi connectivity index (χ2n) is 9.91. The van der Waals surface area contributed by atoms with E-state index in [-0.39, 0.29) is 11.3 Å². The van der Waals surface area contributed by atoms with E-state index in [0.717, 1.165) is 43.5 Å². The van der Waals surface area contributed by atoms with Gasteiger partial charge in [0.25, 0.3) is 0 Å². The molecule has 5 nitrogen and oxygen atoms in total. The molecule has 1 unspecified atom stereocenters. The van der Waals surface area contributed by atoms with Crippen molar-refractivity contribution in [1.29, 1.82) is 0 Å². The molecule has 29 heavy (non-hydrogen) atoms. The topological polar surface area (TPSA) is 60.3 Å². The van der Waals surface area contributed by atoms with Gasteiger partial charge in [-0.2, -0.15) is 4.98 Å². The maximum atomic E-state index is 14.1. The molecule has 1 aromatic rings. The Balaban J connectivity index is 1.44. The van der Waals surface area contributed by atoms with Crippen LogP contribution in [0, 0.1) is 18.8 Å². The molecule has 1 aliphatic carbocycles. The Morgan fingerprint density at radius 1 is 1.17 bits per heavy atom. The average molecular weight is 400 g/mol. The highest BCUT2D eigenvalue weighted by molar-refractivity contribution is 5.82. The zero-order chi connectivity index (χ0) is 19.8. The van der Waals surface area contributed by atoms with Crippen molar-refractivity contribution in [3.05, 3.63) is 23.4 Å². The summed E-state index contributed by atoms with van der Waals surface area (Å²) in [5.41, 5.74) is 2.26. The molecule has 3 N–H and O–H groups in total. The van der Waals surface area contributed by atoms with Crippen LogP contribution in [0.5, 0.6) is 5.88 Å². The summed E-state index contributed by atoms with van der Waals surface area (Å²) >= 11 is 0. The van der Waals surface area contributed by atoms with Gasteiger partial charge in [0.2, 0.25) is 5.91 Å². The molecule has 1 aromatic heterocycles. The van der Waals surface area contributed by atoms with E-state index < -0.39 is 0 Å². The molecule has 4 aliphatic rings. The predicted octanol–water partition coefficient (Wildman–Crippen LogP) is 1.98. The number of aromatic nitrogens is 1. The van der Waals surface area contributed by atoms with Crippen molar-refractivity contribution >= 4 is 5.91 Å². The smallest absolute Gasteiger partial charge is 0.370 e. The van der Waals surface area contributed by atoms with Gasteiger partial charge in [-0.3, -0.25) is 4.79 Å². The Bertz CT molecular complexity index is 760. The number of piperidine rings is 1. The number of H-pyrrole nitrogens is 1. The number of ether oxygens (including phenoxy) is 1. The number of amides is 1. The van der Waals surface area contributed by atoms with Crippen LogP contribution in [0.1, 0.15) is 69.0 Å². The number of hydrogen-bond acceptors (Lipinski definition) is 2. The molecule has 4 heterocycles. The first kappa shape index (κ1) is 19.3. The number of likely N-dealkylation sites (tertiary alicyclic amines) is 1. The highest BCUT2D eigenvalue weighted by Crippen LogP contribution is 2.44.